The number of benzene rings is 2. The number of hydrazine groups is 1. The van der Waals surface area contributed by atoms with Crippen LogP contribution in [0, 0.1) is 0 Å². The van der Waals surface area contributed by atoms with Crippen molar-refractivity contribution in [2.24, 2.45) is 0 Å². The number of carbonyl (C=O) groups excluding carboxylic acids is 2. The molecule has 162 valence electrons. The minimum Gasteiger partial charge on any atom is -0.282 e. The number of aryl methyl sites for hydroxylation is 1. The fourth-order valence-electron chi connectivity index (χ4n) is 2.68. The molecule has 0 unspecified atom stereocenters. The normalized spacial score (nSPS) is 11.0. The lowest BCUT2D eigenvalue weighted by molar-refractivity contribution is 0.0844. The third-order valence-electron chi connectivity index (χ3n) is 4.20. The fraction of sp³-hybridized carbons (Fsp3) is 0.150. The van der Waals surface area contributed by atoms with Crippen molar-refractivity contribution in [3.05, 3.63) is 76.6 Å². The Balaban J connectivity index is 1.68. The molecule has 0 aliphatic carbocycles. The van der Waals surface area contributed by atoms with Gasteiger partial charge in [-0.05, 0) is 42.8 Å². The Morgan fingerprint density at radius 1 is 1.03 bits per heavy atom. The molecule has 4 N–H and O–H groups in total. The van der Waals surface area contributed by atoms with Crippen LogP contribution in [0.25, 0.3) is 0 Å². The average molecular weight is 462 g/mol. The summed E-state index contributed by atoms with van der Waals surface area (Å²) in [6.07, 6.45) is 1.64. The molecule has 0 radical (unpaired) electrons. The second-order valence-electron chi connectivity index (χ2n) is 6.55. The van der Waals surface area contributed by atoms with Gasteiger partial charge in [-0.2, -0.15) is 5.10 Å². The molecule has 2 amide bonds. The van der Waals surface area contributed by atoms with E-state index in [0.717, 1.165) is 18.5 Å². The number of para-hydroxylation sites is 1. The number of hydrogen-bond acceptors (Lipinski definition) is 5. The summed E-state index contributed by atoms with van der Waals surface area (Å²) >= 11 is 6.00. The zero-order valence-electron chi connectivity index (χ0n) is 16.5. The van der Waals surface area contributed by atoms with E-state index in [-0.39, 0.29) is 26.9 Å². The van der Waals surface area contributed by atoms with Crippen LogP contribution in [0.5, 0.6) is 0 Å². The largest absolute Gasteiger partial charge is 0.290 e. The molecule has 1 heterocycles. The van der Waals surface area contributed by atoms with E-state index in [1.54, 1.807) is 24.3 Å². The van der Waals surface area contributed by atoms with E-state index in [9.17, 15) is 18.0 Å². The number of halogens is 1. The number of nitrogens with zero attached hydrogens (tertiary/aromatic N) is 1. The van der Waals surface area contributed by atoms with E-state index < -0.39 is 21.8 Å². The fourth-order valence-corrected chi connectivity index (χ4v) is 4.04. The van der Waals surface area contributed by atoms with Gasteiger partial charge in [-0.25, -0.2) is 8.42 Å². The number of aromatic amines is 1. The molecule has 0 spiro atoms. The number of H-pyrrole nitrogens is 1. The summed E-state index contributed by atoms with van der Waals surface area (Å²) in [4.78, 5) is 24.4. The van der Waals surface area contributed by atoms with Crippen LogP contribution in [-0.4, -0.2) is 30.4 Å². The number of anilines is 1. The topological polar surface area (TPSA) is 133 Å². The molecule has 3 aromatic rings. The summed E-state index contributed by atoms with van der Waals surface area (Å²) in [5, 5.41) is 6.88. The number of sulfonamides is 1. The van der Waals surface area contributed by atoms with E-state index in [4.69, 9.17) is 11.6 Å². The van der Waals surface area contributed by atoms with Gasteiger partial charge in [-0.15, -0.1) is 0 Å². The zero-order valence-corrected chi connectivity index (χ0v) is 18.0. The van der Waals surface area contributed by atoms with Crippen LogP contribution in [0.2, 0.25) is 5.02 Å². The van der Waals surface area contributed by atoms with Gasteiger partial charge in [0.05, 0.1) is 15.6 Å². The number of nitrogens with one attached hydrogen (secondary N) is 4. The molecule has 11 heteroatoms. The molecule has 31 heavy (non-hydrogen) atoms. The van der Waals surface area contributed by atoms with Gasteiger partial charge < -0.3 is 0 Å². The lowest BCUT2D eigenvalue weighted by Crippen LogP contribution is -2.41. The average Bonchev–Trinajstić information content (AvgIpc) is 3.22. The third-order valence-corrected chi connectivity index (χ3v) is 5.89. The van der Waals surface area contributed by atoms with Crippen LogP contribution >= 0.6 is 11.6 Å². The Hall–Kier alpha value is -3.37. The molecule has 0 saturated heterocycles. The Labute approximate surface area is 184 Å². The van der Waals surface area contributed by atoms with E-state index in [0.29, 0.717) is 0 Å². The van der Waals surface area contributed by atoms with Gasteiger partial charge in [-0.3, -0.25) is 30.3 Å². The lowest BCUT2D eigenvalue weighted by atomic mass is 10.2. The Morgan fingerprint density at radius 3 is 2.52 bits per heavy atom. The first-order valence-electron chi connectivity index (χ1n) is 9.32. The third kappa shape index (κ3) is 5.62. The molecule has 0 bridgehead atoms. The smallest absolute Gasteiger partial charge is 0.282 e. The summed E-state index contributed by atoms with van der Waals surface area (Å²) in [5.74, 6) is -1.29. The molecule has 0 fully saturated rings. The summed E-state index contributed by atoms with van der Waals surface area (Å²) in [6.45, 7) is 2.00. The van der Waals surface area contributed by atoms with Crippen molar-refractivity contribution in [3.63, 3.8) is 0 Å². The van der Waals surface area contributed by atoms with Crippen LogP contribution in [0.1, 0.15) is 39.9 Å². The maximum Gasteiger partial charge on any atom is 0.290 e. The first-order chi connectivity index (χ1) is 14.8. The highest BCUT2D eigenvalue weighted by Gasteiger charge is 2.18. The number of hydrogen-bond donors (Lipinski definition) is 4. The molecular weight excluding hydrogens is 442 g/mol. The predicted molar refractivity (Wildman–Crippen MR) is 116 cm³/mol. The van der Waals surface area contributed by atoms with Gasteiger partial charge in [-0.1, -0.05) is 43.1 Å². The van der Waals surface area contributed by atoms with Crippen LogP contribution in [-0.2, 0) is 16.4 Å². The monoisotopic (exact) mass is 461 g/mol. The van der Waals surface area contributed by atoms with E-state index in [2.05, 4.69) is 25.8 Å². The molecule has 0 saturated carbocycles. The molecule has 0 atom stereocenters. The molecule has 2 aromatic carbocycles. The molecule has 3 rings (SSSR count). The number of aromatic nitrogens is 2. The van der Waals surface area contributed by atoms with E-state index >= 15 is 0 Å². The van der Waals surface area contributed by atoms with Crippen molar-refractivity contribution in [2.75, 3.05) is 4.72 Å². The SMILES string of the molecule is CCCc1cc(C(=O)NNC(=O)c2cccc(S(=O)(=O)Nc3ccccc3Cl)c2)n[nH]1. The quantitative estimate of drug-likeness (QED) is 0.401. The minimum absolute atomic E-state index is 0.0380. The summed E-state index contributed by atoms with van der Waals surface area (Å²) in [7, 11) is -3.98. The van der Waals surface area contributed by atoms with Crippen LogP contribution in [0.4, 0.5) is 5.69 Å². The highest BCUT2D eigenvalue weighted by molar-refractivity contribution is 7.92. The maximum absolute atomic E-state index is 12.7. The van der Waals surface area contributed by atoms with Gasteiger partial charge in [0.2, 0.25) is 0 Å². The number of amides is 2. The van der Waals surface area contributed by atoms with Gasteiger partial charge >= 0.3 is 0 Å². The maximum atomic E-state index is 12.7. The van der Waals surface area contributed by atoms with Crippen molar-refractivity contribution in [2.45, 2.75) is 24.7 Å². The summed E-state index contributed by atoms with van der Waals surface area (Å²) in [5.41, 5.74) is 5.69. The van der Waals surface area contributed by atoms with Gasteiger partial charge in [0.1, 0.15) is 0 Å². The van der Waals surface area contributed by atoms with Crippen molar-refractivity contribution < 1.29 is 18.0 Å². The summed E-state index contributed by atoms with van der Waals surface area (Å²) in [6, 6.07) is 13.4. The first-order valence-corrected chi connectivity index (χ1v) is 11.2. The first kappa shape index (κ1) is 22.3. The molecule has 9 nitrogen and oxygen atoms in total. The molecule has 1 aromatic heterocycles. The Bertz CT molecular complexity index is 1210. The van der Waals surface area contributed by atoms with Crippen LogP contribution in [0.15, 0.2) is 59.5 Å². The summed E-state index contributed by atoms with van der Waals surface area (Å²) < 4.78 is 27.7. The number of carbonyl (C=O) groups is 2. The second-order valence-corrected chi connectivity index (χ2v) is 8.64. The number of rotatable bonds is 7. The van der Waals surface area contributed by atoms with Crippen molar-refractivity contribution >= 4 is 39.1 Å². The second kappa shape index (κ2) is 9.63. The highest BCUT2D eigenvalue weighted by atomic mass is 35.5. The highest BCUT2D eigenvalue weighted by Crippen LogP contribution is 2.24. The van der Waals surface area contributed by atoms with Crippen molar-refractivity contribution in [1.29, 1.82) is 0 Å². The van der Waals surface area contributed by atoms with Gasteiger partial charge in [0, 0.05) is 11.3 Å². The van der Waals surface area contributed by atoms with E-state index in [1.807, 2.05) is 6.92 Å². The lowest BCUT2D eigenvalue weighted by Gasteiger charge is -2.11. The minimum atomic E-state index is -3.98. The molecule has 0 aliphatic rings. The van der Waals surface area contributed by atoms with E-state index in [1.165, 1.54) is 30.3 Å². The van der Waals surface area contributed by atoms with Crippen molar-refractivity contribution in [3.8, 4) is 0 Å². The van der Waals surface area contributed by atoms with Gasteiger partial charge in [0.25, 0.3) is 21.8 Å². The van der Waals surface area contributed by atoms with Crippen LogP contribution < -0.4 is 15.6 Å². The Kier molecular flexibility index (Phi) is 6.93. The van der Waals surface area contributed by atoms with Crippen molar-refractivity contribution in [1.82, 2.24) is 21.0 Å². The zero-order chi connectivity index (χ0) is 22.4. The molecular formula is C20H20ClN5O4S. The predicted octanol–water partition coefficient (Wildman–Crippen LogP) is 2.89. The van der Waals surface area contributed by atoms with Gasteiger partial charge in [0.15, 0.2) is 5.69 Å². The van der Waals surface area contributed by atoms with Crippen LogP contribution in [0.3, 0.4) is 0 Å². The Morgan fingerprint density at radius 2 is 1.77 bits per heavy atom. The standard InChI is InChI=1S/C20H20ClN5O4S/c1-2-6-14-12-18(23-22-14)20(28)25-24-19(27)13-7-5-8-15(11-13)31(29,30)26-17-10-4-3-9-16(17)21/h3-5,7-12,26H,2,6H2,1H3,(H,22,23)(H,24,27)(H,25,28). The molecule has 0 aliphatic heterocycles.